The molecule has 2 aliphatic rings. The van der Waals surface area contributed by atoms with Crippen molar-refractivity contribution in [1.82, 2.24) is 30.7 Å². The first kappa shape index (κ1) is 44.9. The molecule has 17 heteroatoms. The van der Waals surface area contributed by atoms with Gasteiger partial charge in [-0.25, -0.2) is 9.78 Å². The van der Waals surface area contributed by atoms with Crippen molar-refractivity contribution in [2.75, 3.05) is 26.0 Å². The molecular weight excluding hydrogens is 797 g/mol. The lowest BCUT2D eigenvalue weighted by atomic mass is 9.81. The molecule has 2 aliphatic carbocycles. The Balaban J connectivity index is 1.13. The Bertz CT molecular complexity index is 2180. The lowest BCUT2D eigenvalue weighted by Crippen LogP contribution is -2.48. The molecule has 326 valence electrons. The summed E-state index contributed by atoms with van der Waals surface area (Å²) in [6, 6.07) is 18.6. The number of hydrogen-bond acceptors (Lipinski definition) is 8. The minimum Gasteiger partial charge on any atom is -0.477 e. The molecule has 7 N–H and O–H groups in total. The number of carbonyl (C=O) groups is 4. The van der Waals surface area contributed by atoms with E-state index in [2.05, 4.69) is 50.1 Å². The van der Waals surface area contributed by atoms with E-state index in [-0.39, 0.29) is 47.3 Å². The highest BCUT2D eigenvalue weighted by Crippen LogP contribution is 2.42. The first-order chi connectivity index (χ1) is 29.0. The van der Waals surface area contributed by atoms with Gasteiger partial charge in [0.1, 0.15) is 6.04 Å². The number of carbonyl (C=O) groups excluding carboxylic acids is 3. The summed E-state index contributed by atoms with van der Waals surface area (Å²) in [4.78, 5) is 56.9. The van der Waals surface area contributed by atoms with Crippen LogP contribution in [0.2, 0.25) is 0 Å². The summed E-state index contributed by atoms with van der Waals surface area (Å²) in [6.45, 7) is 2.51. The number of halogens is 4. The molecule has 2 saturated carbocycles. The second-order valence-corrected chi connectivity index (χ2v) is 16.4. The highest BCUT2D eigenvalue weighted by Gasteiger charge is 2.66. The number of nitrogens with zero attached hydrogens (tertiary/aromatic N) is 3. The number of amides is 3. The fourth-order valence-electron chi connectivity index (χ4n) is 8.10. The van der Waals surface area contributed by atoms with Gasteiger partial charge in [-0.1, -0.05) is 30.3 Å². The summed E-state index contributed by atoms with van der Waals surface area (Å²) in [7, 11) is 4.18. The predicted octanol–water partition coefficient (Wildman–Crippen LogP) is 6.29. The number of nitrogens with one attached hydrogen (secondary N) is 4. The molecule has 0 aliphatic heterocycles. The van der Waals surface area contributed by atoms with Gasteiger partial charge in [-0.2, -0.15) is 22.7 Å². The van der Waals surface area contributed by atoms with Crippen molar-refractivity contribution < 1.29 is 41.8 Å². The quantitative estimate of drug-likeness (QED) is 0.0746. The Kier molecular flexibility index (Phi) is 13.9. The molecule has 1 unspecified atom stereocenters. The third-order valence-electron chi connectivity index (χ3n) is 12.0. The number of rotatable bonds is 15. The van der Waals surface area contributed by atoms with Gasteiger partial charge in [0.2, 0.25) is 17.6 Å². The molecule has 61 heavy (non-hydrogen) atoms. The van der Waals surface area contributed by atoms with Crippen LogP contribution in [0.1, 0.15) is 78.7 Å². The van der Waals surface area contributed by atoms with Crippen LogP contribution in [0.5, 0.6) is 0 Å². The summed E-state index contributed by atoms with van der Waals surface area (Å²) < 4.78 is 55.9. The molecule has 0 bridgehead atoms. The smallest absolute Gasteiger partial charge is 0.411 e. The van der Waals surface area contributed by atoms with E-state index in [9.17, 15) is 36.7 Å². The lowest BCUT2D eigenvalue weighted by molar-refractivity contribution is -0.231. The second kappa shape index (κ2) is 18.9. The largest absolute Gasteiger partial charge is 0.477 e. The predicted molar refractivity (Wildman–Crippen MR) is 221 cm³/mol. The minimum absolute atomic E-state index is 0.0894. The maximum atomic E-state index is 14.3. The normalized spacial score (nSPS) is 20.1. The van der Waals surface area contributed by atoms with Gasteiger partial charge in [-0.15, -0.1) is 0 Å². The number of hydrogen-bond donors (Lipinski definition) is 6. The fraction of sp³-hybridized carbons (Fsp3) is 0.455. The zero-order valence-corrected chi connectivity index (χ0v) is 34.3. The number of H-pyrrole nitrogens is 1. The standard InChI is InChI=1S/C44H52F4N8O5/c1-25-22-31(39(58)50-33-17-19-34(20-18-33)56(2)3)14-21-35(25)28-8-4-26(5-9-28)23-36(52-38(57)30-10-6-27(24-49)7-11-30)40(59)51-32-15-12-29(13-16-32)37-53-41(55-54-37)43(45,46)44(47,48)42(60)61/h4-5,8-9,12-16,21-22,27,30,33-34,36H,6-7,10-11,17-20,23-24,49H2,1-3H3,(H,50,58)(H,51,59)(H,52,57)(H,60,61)(H,53,54,55)/t27-,30-,33?,34?,36?. The molecule has 1 atom stereocenters. The van der Waals surface area contributed by atoms with Gasteiger partial charge in [0.25, 0.3) is 5.91 Å². The van der Waals surface area contributed by atoms with Crippen molar-refractivity contribution in [3.05, 3.63) is 89.2 Å². The number of benzene rings is 3. The van der Waals surface area contributed by atoms with Crippen molar-refractivity contribution in [2.24, 2.45) is 17.6 Å². The molecule has 1 aromatic heterocycles. The summed E-state index contributed by atoms with van der Waals surface area (Å²) in [5, 5.41) is 22.8. The highest BCUT2D eigenvalue weighted by atomic mass is 19.3. The number of aliphatic carboxylic acids is 1. The molecule has 0 saturated heterocycles. The monoisotopic (exact) mass is 848 g/mol. The van der Waals surface area contributed by atoms with Gasteiger partial charge >= 0.3 is 17.8 Å². The van der Waals surface area contributed by atoms with E-state index in [1.165, 1.54) is 24.3 Å². The first-order valence-electron chi connectivity index (χ1n) is 20.5. The van der Waals surface area contributed by atoms with E-state index in [1.807, 2.05) is 49.4 Å². The molecule has 6 rings (SSSR count). The van der Waals surface area contributed by atoms with E-state index in [0.29, 0.717) is 36.9 Å². The van der Waals surface area contributed by atoms with Gasteiger partial charge in [0.05, 0.1) is 0 Å². The van der Waals surface area contributed by atoms with Crippen LogP contribution < -0.4 is 21.7 Å². The Labute approximate surface area is 351 Å². The number of nitrogens with two attached hydrogens (primary N) is 1. The van der Waals surface area contributed by atoms with Crippen LogP contribution in [-0.2, 0) is 26.7 Å². The van der Waals surface area contributed by atoms with Crippen LogP contribution in [0.3, 0.4) is 0 Å². The summed E-state index contributed by atoms with van der Waals surface area (Å²) in [6.07, 6.45) is 7.07. The molecule has 2 fully saturated rings. The van der Waals surface area contributed by atoms with Crippen LogP contribution in [0.4, 0.5) is 23.2 Å². The number of alkyl halides is 4. The molecule has 4 aromatic rings. The summed E-state index contributed by atoms with van der Waals surface area (Å²) in [5.41, 5.74) is 10.4. The van der Waals surface area contributed by atoms with Crippen LogP contribution in [-0.4, -0.2) is 93.6 Å². The molecule has 0 radical (unpaired) electrons. The van der Waals surface area contributed by atoms with E-state index in [0.717, 1.165) is 60.8 Å². The SMILES string of the molecule is Cc1cc(C(=O)NC2CCC(N(C)C)CC2)ccc1-c1ccc(CC(NC(=O)[C@H]2CC[C@H](CN)CC2)C(=O)Nc2ccc(-c3nc(C(F)(F)C(F)(F)C(=O)O)n[nH]3)cc2)cc1. The van der Waals surface area contributed by atoms with Gasteiger partial charge in [-0.3, -0.25) is 19.5 Å². The third kappa shape index (κ3) is 10.4. The first-order valence-corrected chi connectivity index (χ1v) is 20.5. The Hall–Kier alpha value is -5.68. The number of carboxylic acid groups (broad SMARTS) is 1. The zero-order valence-electron chi connectivity index (χ0n) is 34.3. The van der Waals surface area contributed by atoms with Crippen molar-refractivity contribution in [1.29, 1.82) is 0 Å². The lowest BCUT2D eigenvalue weighted by Gasteiger charge is -2.33. The third-order valence-corrected chi connectivity index (χ3v) is 12.0. The van der Waals surface area contributed by atoms with Crippen LogP contribution in [0, 0.1) is 18.8 Å². The molecule has 3 amide bonds. The second-order valence-electron chi connectivity index (χ2n) is 16.4. The molecule has 0 spiro atoms. The van der Waals surface area contributed by atoms with Crippen LogP contribution >= 0.6 is 0 Å². The number of aryl methyl sites for hydroxylation is 1. The summed E-state index contributed by atoms with van der Waals surface area (Å²) >= 11 is 0. The maximum absolute atomic E-state index is 14.3. The average molecular weight is 849 g/mol. The highest BCUT2D eigenvalue weighted by molar-refractivity contribution is 5.98. The molecular formula is C44H52F4N8O5. The van der Waals surface area contributed by atoms with E-state index in [1.54, 1.807) is 0 Å². The van der Waals surface area contributed by atoms with Crippen molar-refractivity contribution in [2.45, 2.75) is 94.7 Å². The molecule has 3 aromatic carbocycles. The van der Waals surface area contributed by atoms with Crippen LogP contribution in [0.15, 0.2) is 66.7 Å². The Morgan fingerprint density at radius 2 is 1.52 bits per heavy atom. The van der Waals surface area contributed by atoms with E-state index >= 15 is 0 Å². The summed E-state index contributed by atoms with van der Waals surface area (Å²) in [5.74, 6) is -16.5. The Morgan fingerprint density at radius 3 is 2.11 bits per heavy atom. The molecule has 1 heterocycles. The van der Waals surface area contributed by atoms with Crippen molar-refractivity contribution in [3.63, 3.8) is 0 Å². The van der Waals surface area contributed by atoms with Crippen LogP contribution in [0.25, 0.3) is 22.5 Å². The Morgan fingerprint density at radius 1 is 0.885 bits per heavy atom. The fourth-order valence-corrected chi connectivity index (χ4v) is 8.10. The van der Waals surface area contributed by atoms with Gasteiger partial charge in [0, 0.05) is 41.2 Å². The van der Waals surface area contributed by atoms with Gasteiger partial charge in [-0.05, 0) is 144 Å². The van der Waals surface area contributed by atoms with Gasteiger partial charge in [0.15, 0.2) is 5.82 Å². The zero-order chi connectivity index (χ0) is 44.1. The minimum atomic E-state index is -5.45. The average Bonchev–Trinajstić information content (AvgIpc) is 3.75. The molecule has 13 nitrogen and oxygen atoms in total. The van der Waals surface area contributed by atoms with E-state index in [4.69, 9.17) is 10.8 Å². The maximum Gasteiger partial charge on any atom is 0.411 e. The number of aromatic nitrogens is 3. The van der Waals surface area contributed by atoms with Crippen molar-refractivity contribution >= 4 is 29.4 Å². The number of carboxylic acids is 1. The van der Waals surface area contributed by atoms with Gasteiger partial charge < -0.3 is 31.7 Å². The van der Waals surface area contributed by atoms with E-state index < -0.39 is 35.6 Å². The van der Waals surface area contributed by atoms with Crippen molar-refractivity contribution in [3.8, 4) is 22.5 Å². The number of anilines is 1. The number of aromatic amines is 1. The topological polar surface area (TPSA) is 195 Å².